The summed E-state index contributed by atoms with van der Waals surface area (Å²) in [5, 5.41) is 11.0. The van der Waals surface area contributed by atoms with Gasteiger partial charge in [-0.1, -0.05) is 18.2 Å². The Labute approximate surface area is 141 Å². The molecule has 0 radical (unpaired) electrons. The third-order valence-electron chi connectivity index (χ3n) is 3.87. The largest absolute Gasteiger partial charge is 0.270 e. The average Bonchev–Trinajstić information content (AvgIpc) is 2.51. The van der Waals surface area contributed by atoms with Crippen LogP contribution in [0.4, 0.5) is 11.4 Å². The van der Waals surface area contributed by atoms with Crippen LogP contribution < -0.4 is 4.31 Å². The summed E-state index contributed by atoms with van der Waals surface area (Å²) in [4.78, 5) is 10.4. The fourth-order valence-corrected chi connectivity index (χ4v) is 4.33. The molecule has 7 heteroatoms. The molecule has 0 aliphatic rings. The molecular formula is C17H20N2O4S. The van der Waals surface area contributed by atoms with Crippen LogP contribution in [0.3, 0.4) is 0 Å². The zero-order valence-electron chi connectivity index (χ0n) is 14.1. The number of nitro benzene ring substituents is 1. The van der Waals surface area contributed by atoms with Crippen molar-refractivity contribution < 1.29 is 13.3 Å². The van der Waals surface area contributed by atoms with Crippen LogP contribution in [-0.2, 0) is 10.0 Å². The summed E-state index contributed by atoms with van der Waals surface area (Å²) in [5.74, 6) is 0. The van der Waals surface area contributed by atoms with E-state index in [1.807, 2.05) is 32.0 Å². The Morgan fingerprint density at radius 2 is 1.67 bits per heavy atom. The molecule has 128 valence electrons. The van der Waals surface area contributed by atoms with Gasteiger partial charge < -0.3 is 0 Å². The molecule has 0 aromatic heterocycles. The molecule has 0 bridgehead atoms. The van der Waals surface area contributed by atoms with Crippen molar-refractivity contribution in [3.05, 3.63) is 63.2 Å². The molecule has 2 aromatic rings. The van der Waals surface area contributed by atoms with Gasteiger partial charge in [-0.2, -0.15) is 0 Å². The average molecular weight is 348 g/mol. The molecular weight excluding hydrogens is 328 g/mol. The van der Waals surface area contributed by atoms with E-state index >= 15 is 0 Å². The molecule has 0 saturated heterocycles. The highest BCUT2D eigenvalue weighted by Crippen LogP contribution is 2.30. The van der Waals surface area contributed by atoms with E-state index in [9.17, 15) is 18.5 Å². The summed E-state index contributed by atoms with van der Waals surface area (Å²) in [5.41, 5.74) is 2.60. The summed E-state index contributed by atoms with van der Waals surface area (Å²) in [6.45, 7) is 7.34. The van der Waals surface area contributed by atoms with Crippen molar-refractivity contribution >= 4 is 21.4 Å². The van der Waals surface area contributed by atoms with Crippen molar-refractivity contribution in [2.75, 3.05) is 10.8 Å². The van der Waals surface area contributed by atoms with Crippen LogP contribution in [0, 0.1) is 30.9 Å². The quantitative estimate of drug-likeness (QED) is 0.609. The maximum Gasteiger partial charge on any atom is 0.270 e. The second-order valence-corrected chi connectivity index (χ2v) is 7.50. The minimum absolute atomic E-state index is 0.0422. The van der Waals surface area contributed by atoms with Crippen molar-refractivity contribution in [1.82, 2.24) is 0 Å². The van der Waals surface area contributed by atoms with Gasteiger partial charge in [-0.3, -0.25) is 14.4 Å². The fourth-order valence-electron chi connectivity index (χ4n) is 2.56. The van der Waals surface area contributed by atoms with Gasteiger partial charge in [-0.25, -0.2) is 8.42 Å². The topological polar surface area (TPSA) is 80.5 Å². The van der Waals surface area contributed by atoms with Crippen molar-refractivity contribution in [2.24, 2.45) is 0 Å². The van der Waals surface area contributed by atoms with E-state index in [4.69, 9.17) is 0 Å². The zero-order chi connectivity index (χ0) is 18.1. The highest BCUT2D eigenvalue weighted by atomic mass is 32.2. The van der Waals surface area contributed by atoms with Crippen LogP contribution in [0.15, 0.2) is 41.3 Å². The molecule has 0 aliphatic carbocycles. The Morgan fingerprint density at radius 1 is 1.04 bits per heavy atom. The van der Waals surface area contributed by atoms with Gasteiger partial charge in [0.15, 0.2) is 0 Å². The summed E-state index contributed by atoms with van der Waals surface area (Å²) < 4.78 is 27.5. The molecule has 0 saturated carbocycles. The van der Waals surface area contributed by atoms with Crippen LogP contribution in [0.25, 0.3) is 0 Å². The second kappa shape index (κ2) is 6.60. The smallest absolute Gasteiger partial charge is 0.266 e. The lowest BCUT2D eigenvalue weighted by molar-refractivity contribution is -0.385. The number of hydrogen-bond donors (Lipinski definition) is 0. The van der Waals surface area contributed by atoms with Gasteiger partial charge in [0.05, 0.1) is 15.5 Å². The lowest BCUT2D eigenvalue weighted by atomic mass is 10.1. The highest BCUT2D eigenvalue weighted by Gasteiger charge is 2.28. The molecule has 0 spiro atoms. The van der Waals surface area contributed by atoms with Gasteiger partial charge in [0.1, 0.15) is 0 Å². The first-order chi connectivity index (χ1) is 11.2. The van der Waals surface area contributed by atoms with Crippen molar-refractivity contribution in [3.63, 3.8) is 0 Å². The standard InChI is InChI=1S/C17H20N2O4S/c1-5-18(16-10-12(2)6-7-13(16)3)24(22,23)17-11-15(19(20)21)9-8-14(17)4/h6-11H,5H2,1-4H3. The number of nitro groups is 1. The molecule has 2 aromatic carbocycles. The zero-order valence-corrected chi connectivity index (χ0v) is 14.9. The number of sulfonamides is 1. The van der Waals surface area contributed by atoms with E-state index in [1.165, 1.54) is 16.4 Å². The number of anilines is 1. The normalized spacial score (nSPS) is 11.3. The fraction of sp³-hybridized carbons (Fsp3) is 0.294. The van der Waals surface area contributed by atoms with Crippen LogP contribution in [0.5, 0.6) is 0 Å². The maximum atomic E-state index is 13.1. The monoisotopic (exact) mass is 348 g/mol. The van der Waals surface area contributed by atoms with Crippen LogP contribution in [0.1, 0.15) is 23.6 Å². The first-order valence-electron chi connectivity index (χ1n) is 7.53. The third-order valence-corrected chi connectivity index (χ3v) is 5.90. The number of hydrogen-bond acceptors (Lipinski definition) is 4. The molecule has 2 rings (SSSR count). The minimum Gasteiger partial charge on any atom is -0.266 e. The predicted octanol–water partition coefficient (Wildman–Crippen LogP) is 3.74. The summed E-state index contributed by atoms with van der Waals surface area (Å²) >= 11 is 0. The van der Waals surface area contributed by atoms with Crippen LogP contribution >= 0.6 is 0 Å². The van der Waals surface area contributed by atoms with E-state index in [1.54, 1.807) is 13.8 Å². The highest BCUT2D eigenvalue weighted by molar-refractivity contribution is 7.92. The molecule has 0 unspecified atom stereocenters. The van der Waals surface area contributed by atoms with E-state index in [-0.39, 0.29) is 17.1 Å². The SMILES string of the molecule is CCN(c1cc(C)ccc1C)S(=O)(=O)c1cc([N+](=O)[O-])ccc1C. The second-order valence-electron chi connectivity index (χ2n) is 5.67. The molecule has 0 aliphatic heterocycles. The van der Waals surface area contributed by atoms with Gasteiger partial charge in [0.2, 0.25) is 0 Å². The van der Waals surface area contributed by atoms with Crippen LogP contribution in [-0.4, -0.2) is 19.9 Å². The van der Waals surface area contributed by atoms with Gasteiger partial charge in [0.25, 0.3) is 15.7 Å². The summed E-state index contributed by atoms with van der Waals surface area (Å²) in [6, 6.07) is 9.48. The van der Waals surface area contributed by atoms with Crippen LogP contribution in [0.2, 0.25) is 0 Å². The number of nitrogens with zero attached hydrogens (tertiary/aromatic N) is 2. The molecule has 0 heterocycles. The number of rotatable bonds is 5. The minimum atomic E-state index is -3.90. The third kappa shape index (κ3) is 3.26. The Kier molecular flexibility index (Phi) is 4.94. The van der Waals surface area contributed by atoms with Crippen molar-refractivity contribution in [3.8, 4) is 0 Å². The van der Waals surface area contributed by atoms with E-state index < -0.39 is 14.9 Å². The molecule has 6 nitrogen and oxygen atoms in total. The number of aryl methyl sites for hydroxylation is 3. The maximum absolute atomic E-state index is 13.1. The number of non-ortho nitro benzene ring substituents is 1. The summed E-state index contributed by atoms with van der Waals surface area (Å²) in [6.07, 6.45) is 0. The van der Waals surface area contributed by atoms with Crippen molar-refractivity contribution in [2.45, 2.75) is 32.6 Å². The van der Waals surface area contributed by atoms with Gasteiger partial charge in [-0.05, 0) is 50.5 Å². The molecule has 24 heavy (non-hydrogen) atoms. The number of benzene rings is 2. The van der Waals surface area contributed by atoms with E-state index in [2.05, 4.69) is 0 Å². The predicted molar refractivity (Wildman–Crippen MR) is 94.0 cm³/mol. The Morgan fingerprint density at radius 3 is 2.25 bits per heavy atom. The molecule has 0 fully saturated rings. The first kappa shape index (κ1) is 17.9. The Balaban J connectivity index is 2.65. The molecule has 0 N–H and O–H groups in total. The molecule has 0 amide bonds. The van der Waals surface area contributed by atoms with Gasteiger partial charge in [0, 0.05) is 18.7 Å². The van der Waals surface area contributed by atoms with E-state index in [0.717, 1.165) is 17.2 Å². The Hall–Kier alpha value is -2.41. The Bertz CT molecular complexity index is 891. The van der Waals surface area contributed by atoms with Gasteiger partial charge in [-0.15, -0.1) is 0 Å². The summed E-state index contributed by atoms with van der Waals surface area (Å²) in [7, 11) is -3.90. The lowest BCUT2D eigenvalue weighted by Crippen LogP contribution is -2.32. The van der Waals surface area contributed by atoms with Gasteiger partial charge >= 0.3 is 0 Å². The molecule has 0 atom stereocenters. The van der Waals surface area contributed by atoms with E-state index in [0.29, 0.717) is 11.3 Å². The first-order valence-corrected chi connectivity index (χ1v) is 8.97. The lowest BCUT2D eigenvalue weighted by Gasteiger charge is -2.25. The van der Waals surface area contributed by atoms with Crippen molar-refractivity contribution in [1.29, 1.82) is 0 Å².